The monoisotopic (exact) mass is 325 g/mol. The highest BCUT2D eigenvalue weighted by Gasteiger charge is 2.19. The Balaban J connectivity index is 2.08. The molecule has 0 aliphatic heterocycles. The number of nitrogens with one attached hydrogen (secondary N) is 1. The number of rotatable bonds is 4. The third-order valence-corrected chi connectivity index (χ3v) is 3.97. The standard InChI is InChI=1S/C21H27NO2/c1-14-8-10-19(17(11-14)21(4,5)6)24-13-20(23)22-18-12-15(2)7-9-16(18)3/h7-12H,13H2,1-6H3,(H,22,23). The van der Waals surface area contributed by atoms with E-state index in [-0.39, 0.29) is 17.9 Å². The van der Waals surface area contributed by atoms with Gasteiger partial charge in [-0.3, -0.25) is 4.79 Å². The third kappa shape index (κ3) is 4.60. The summed E-state index contributed by atoms with van der Waals surface area (Å²) in [7, 11) is 0. The van der Waals surface area contributed by atoms with E-state index in [2.05, 4.69) is 39.1 Å². The van der Waals surface area contributed by atoms with E-state index in [1.165, 1.54) is 5.56 Å². The minimum Gasteiger partial charge on any atom is -0.483 e. The van der Waals surface area contributed by atoms with Gasteiger partial charge in [0.2, 0.25) is 0 Å². The Kier molecular flexibility index (Phi) is 5.33. The number of aryl methyl sites for hydroxylation is 3. The summed E-state index contributed by atoms with van der Waals surface area (Å²) in [5.74, 6) is 0.619. The van der Waals surface area contributed by atoms with Crippen LogP contribution in [-0.2, 0) is 10.2 Å². The van der Waals surface area contributed by atoms with Crippen LogP contribution in [0.2, 0.25) is 0 Å². The molecule has 0 bridgehead atoms. The van der Waals surface area contributed by atoms with Gasteiger partial charge in [0.05, 0.1) is 0 Å². The molecule has 0 radical (unpaired) electrons. The molecule has 2 aromatic rings. The molecule has 24 heavy (non-hydrogen) atoms. The van der Waals surface area contributed by atoms with Crippen molar-refractivity contribution in [3.05, 3.63) is 58.7 Å². The highest BCUT2D eigenvalue weighted by Crippen LogP contribution is 2.32. The maximum atomic E-state index is 12.2. The maximum absolute atomic E-state index is 12.2. The lowest BCUT2D eigenvalue weighted by Gasteiger charge is -2.23. The van der Waals surface area contributed by atoms with E-state index >= 15 is 0 Å². The first-order valence-electron chi connectivity index (χ1n) is 8.28. The minimum atomic E-state index is -0.149. The lowest BCUT2D eigenvalue weighted by atomic mass is 9.85. The zero-order valence-corrected chi connectivity index (χ0v) is 15.5. The predicted molar refractivity (Wildman–Crippen MR) is 99.9 cm³/mol. The van der Waals surface area contributed by atoms with E-state index < -0.39 is 0 Å². The van der Waals surface area contributed by atoms with E-state index in [0.717, 1.165) is 28.1 Å². The Labute approximate surface area is 145 Å². The molecule has 0 aliphatic rings. The van der Waals surface area contributed by atoms with Gasteiger partial charge in [-0.25, -0.2) is 0 Å². The van der Waals surface area contributed by atoms with Gasteiger partial charge in [-0.1, -0.05) is 50.6 Å². The van der Waals surface area contributed by atoms with Gasteiger partial charge in [-0.15, -0.1) is 0 Å². The van der Waals surface area contributed by atoms with Crippen LogP contribution in [0.15, 0.2) is 36.4 Å². The normalized spacial score (nSPS) is 11.2. The molecule has 1 N–H and O–H groups in total. The highest BCUT2D eigenvalue weighted by molar-refractivity contribution is 5.92. The van der Waals surface area contributed by atoms with Crippen molar-refractivity contribution in [1.82, 2.24) is 0 Å². The van der Waals surface area contributed by atoms with Crippen LogP contribution in [0.3, 0.4) is 0 Å². The molecular formula is C21H27NO2. The van der Waals surface area contributed by atoms with Crippen molar-refractivity contribution in [3.8, 4) is 5.75 Å². The van der Waals surface area contributed by atoms with Gasteiger partial charge in [0.25, 0.3) is 5.91 Å². The molecule has 0 spiro atoms. The molecule has 0 saturated carbocycles. The van der Waals surface area contributed by atoms with Crippen molar-refractivity contribution in [2.24, 2.45) is 0 Å². The molecule has 2 rings (SSSR count). The molecule has 3 heteroatoms. The summed E-state index contributed by atoms with van der Waals surface area (Å²) >= 11 is 0. The number of carbonyl (C=O) groups is 1. The van der Waals surface area contributed by atoms with E-state index in [1.54, 1.807) is 0 Å². The summed E-state index contributed by atoms with van der Waals surface area (Å²) in [6, 6.07) is 12.1. The molecular weight excluding hydrogens is 298 g/mol. The molecule has 0 fully saturated rings. The smallest absolute Gasteiger partial charge is 0.262 e. The Hall–Kier alpha value is -2.29. The number of amides is 1. The fourth-order valence-corrected chi connectivity index (χ4v) is 2.56. The zero-order valence-electron chi connectivity index (χ0n) is 15.5. The molecule has 3 nitrogen and oxygen atoms in total. The molecule has 0 aliphatic carbocycles. The largest absolute Gasteiger partial charge is 0.483 e. The Morgan fingerprint density at radius 3 is 2.29 bits per heavy atom. The number of ether oxygens (including phenoxy) is 1. The molecule has 0 saturated heterocycles. The van der Waals surface area contributed by atoms with Crippen molar-refractivity contribution >= 4 is 11.6 Å². The first-order valence-corrected chi connectivity index (χ1v) is 8.28. The Bertz CT molecular complexity index is 742. The SMILES string of the molecule is Cc1ccc(C)c(NC(=O)COc2ccc(C)cc2C(C)(C)C)c1. The summed E-state index contributed by atoms with van der Waals surface area (Å²) in [6.07, 6.45) is 0. The van der Waals surface area contributed by atoms with Gasteiger partial charge in [-0.2, -0.15) is 0 Å². The van der Waals surface area contributed by atoms with Crippen LogP contribution in [-0.4, -0.2) is 12.5 Å². The fraction of sp³-hybridized carbons (Fsp3) is 0.381. The third-order valence-electron chi connectivity index (χ3n) is 3.97. The van der Waals surface area contributed by atoms with E-state index in [4.69, 9.17) is 4.74 Å². The van der Waals surface area contributed by atoms with Crippen LogP contribution < -0.4 is 10.1 Å². The van der Waals surface area contributed by atoms with Crippen LogP contribution in [0, 0.1) is 20.8 Å². The van der Waals surface area contributed by atoms with Crippen LogP contribution in [0.1, 0.15) is 43.0 Å². The number of hydrogen-bond donors (Lipinski definition) is 1. The first-order chi connectivity index (χ1) is 11.2. The molecule has 128 valence electrons. The molecule has 0 heterocycles. The summed E-state index contributed by atoms with van der Waals surface area (Å²) in [5, 5.41) is 2.93. The van der Waals surface area contributed by atoms with Gasteiger partial charge < -0.3 is 10.1 Å². The zero-order chi connectivity index (χ0) is 17.9. The Morgan fingerprint density at radius 2 is 1.62 bits per heavy atom. The van der Waals surface area contributed by atoms with E-state index in [1.807, 2.05) is 44.2 Å². The second-order valence-electron chi connectivity index (χ2n) is 7.40. The maximum Gasteiger partial charge on any atom is 0.262 e. The number of anilines is 1. The van der Waals surface area contributed by atoms with Gasteiger partial charge in [0, 0.05) is 5.69 Å². The average Bonchev–Trinajstić information content (AvgIpc) is 2.49. The number of carbonyl (C=O) groups excluding carboxylic acids is 1. The molecule has 0 aromatic heterocycles. The number of hydrogen-bond acceptors (Lipinski definition) is 2. The topological polar surface area (TPSA) is 38.3 Å². The van der Waals surface area contributed by atoms with Gasteiger partial charge in [0.1, 0.15) is 5.75 Å². The van der Waals surface area contributed by atoms with E-state index in [9.17, 15) is 4.79 Å². The second kappa shape index (κ2) is 7.08. The first kappa shape index (κ1) is 18.1. The van der Waals surface area contributed by atoms with Crippen LogP contribution in [0.4, 0.5) is 5.69 Å². The van der Waals surface area contributed by atoms with Crippen molar-refractivity contribution in [3.63, 3.8) is 0 Å². The summed E-state index contributed by atoms with van der Waals surface area (Å²) in [5.41, 5.74) is 5.26. The minimum absolute atomic E-state index is 0.000473. The summed E-state index contributed by atoms with van der Waals surface area (Å²) < 4.78 is 5.81. The Morgan fingerprint density at radius 1 is 1.00 bits per heavy atom. The van der Waals surface area contributed by atoms with Gasteiger partial charge in [-0.05, 0) is 55.0 Å². The van der Waals surface area contributed by atoms with Gasteiger partial charge >= 0.3 is 0 Å². The highest BCUT2D eigenvalue weighted by atomic mass is 16.5. The molecule has 0 atom stereocenters. The molecule has 1 amide bonds. The van der Waals surface area contributed by atoms with Crippen LogP contribution >= 0.6 is 0 Å². The van der Waals surface area contributed by atoms with Crippen LogP contribution in [0.5, 0.6) is 5.75 Å². The lowest BCUT2D eigenvalue weighted by molar-refractivity contribution is -0.118. The van der Waals surface area contributed by atoms with Crippen LogP contribution in [0.25, 0.3) is 0 Å². The number of benzene rings is 2. The van der Waals surface area contributed by atoms with Crippen molar-refractivity contribution in [1.29, 1.82) is 0 Å². The molecule has 2 aromatic carbocycles. The quantitative estimate of drug-likeness (QED) is 0.866. The summed E-state index contributed by atoms with van der Waals surface area (Å²) in [6.45, 7) is 12.5. The second-order valence-corrected chi connectivity index (χ2v) is 7.40. The summed E-state index contributed by atoms with van der Waals surface area (Å²) in [4.78, 5) is 12.2. The predicted octanol–water partition coefficient (Wildman–Crippen LogP) is 4.93. The van der Waals surface area contributed by atoms with Crippen molar-refractivity contribution in [2.75, 3.05) is 11.9 Å². The fourth-order valence-electron chi connectivity index (χ4n) is 2.56. The lowest BCUT2D eigenvalue weighted by Crippen LogP contribution is -2.22. The van der Waals surface area contributed by atoms with E-state index in [0.29, 0.717) is 0 Å². The average molecular weight is 325 g/mol. The molecule has 0 unspecified atom stereocenters. The van der Waals surface area contributed by atoms with Crippen molar-refractivity contribution in [2.45, 2.75) is 47.0 Å². The van der Waals surface area contributed by atoms with Crippen molar-refractivity contribution < 1.29 is 9.53 Å². The van der Waals surface area contributed by atoms with Gasteiger partial charge in [0.15, 0.2) is 6.61 Å².